The first-order valence-corrected chi connectivity index (χ1v) is 11.0. The summed E-state index contributed by atoms with van der Waals surface area (Å²) in [5.41, 5.74) is 1.30. The maximum atomic E-state index is 5.69. The maximum Gasteiger partial charge on any atom is 0.191 e. The summed E-state index contributed by atoms with van der Waals surface area (Å²) in [5.74, 6) is 1.49. The van der Waals surface area contributed by atoms with Gasteiger partial charge in [-0.15, -0.1) is 24.0 Å². The molecule has 2 N–H and O–H groups in total. The highest BCUT2D eigenvalue weighted by Gasteiger charge is 2.32. The van der Waals surface area contributed by atoms with Crippen molar-refractivity contribution in [2.45, 2.75) is 24.9 Å². The van der Waals surface area contributed by atoms with Crippen molar-refractivity contribution in [1.82, 2.24) is 15.5 Å². The molecule has 3 heterocycles. The topological polar surface area (TPSA) is 61.4 Å². The fourth-order valence-electron chi connectivity index (χ4n) is 4.70. The van der Waals surface area contributed by atoms with Gasteiger partial charge >= 0.3 is 0 Å². The fraction of sp³-hybridized carbons (Fsp3) is 0.682. The lowest BCUT2D eigenvalue weighted by atomic mass is 9.97. The second kappa shape index (κ2) is 12.1. The average molecular weight is 529 g/mol. The van der Waals surface area contributed by atoms with Crippen LogP contribution in [0.5, 0.6) is 0 Å². The monoisotopic (exact) mass is 529 g/mol. The Kier molecular flexibility index (Phi) is 9.48. The predicted molar refractivity (Wildman–Crippen MR) is 132 cm³/mol. The number of benzene rings is 1. The van der Waals surface area contributed by atoms with Crippen molar-refractivity contribution in [2.24, 2.45) is 10.9 Å². The van der Waals surface area contributed by atoms with Crippen LogP contribution in [-0.4, -0.2) is 89.1 Å². The van der Waals surface area contributed by atoms with Crippen LogP contribution >= 0.6 is 24.0 Å². The Morgan fingerprint density at radius 1 is 1.10 bits per heavy atom. The molecule has 30 heavy (non-hydrogen) atoms. The SMILES string of the molecule is CN=C(NCC(C1CCOC1)N1CCOCC1)NC1CCN(c2ccccc2)C1.I. The molecule has 168 valence electrons. The summed E-state index contributed by atoms with van der Waals surface area (Å²) < 4.78 is 11.2. The number of aliphatic imine (C=N–C) groups is 1. The lowest BCUT2D eigenvalue weighted by molar-refractivity contribution is 0.00246. The minimum absolute atomic E-state index is 0. The van der Waals surface area contributed by atoms with E-state index in [0.717, 1.165) is 78.0 Å². The van der Waals surface area contributed by atoms with Gasteiger partial charge in [-0.25, -0.2) is 0 Å². The Morgan fingerprint density at radius 3 is 2.60 bits per heavy atom. The number of para-hydroxylation sites is 1. The molecule has 0 radical (unpaired) electrons. The highest BCUT2D eigenvalue weighted by atomic mass is 127. The van der Waals surface area contributed by atoms with Crippen molar-refractivity contribution < 1.29 is 9.47 Å². The second-order valence-electron chi connectivity index (χ2n) is 8.20. The lowest BCUT2D eigenvalue weighted by Gasteiger charge is -2.37. The molecule has 0 spiro atoms. The molecule has 3 atom stereocenters. The quantitative estimate of drug-likeness (QED) is 0.333. The molecule has 1 aromatic rings. The van der Waals surface area contributed by atoms with Crippen LogP contribution in [-0.2, 0) is 9.47 Å². The number of hydrogen-bond donors (Lipinski definition) is 2. The van der Waals surface area contributed by atoms with Gasteiger partial charge in [0.05, 0.1) is 19.8 Å². The van der Waals surface area contributed by atoms with E-state index in [-0.39, 0.29) is 24.0 Å². The van der Waals surface area contributed by atoms with E-state index in [2.05, 4.69) is 55.8 Å². The number of nitrogens with zero attached hydrogens (tertiary/aromatic N) is 3. The van der Waals surface area contributed by atoms with Crippen molar-refractivity contribution in [3.05, 3.63) is 30.3 Å². The van der Waals surface area contributed by atoms with Gasteiger partial charge in [-0.05, 0) is 25.0 Å². The van der Waals surface area contributed by atoms with E-state index in [9.17, 15) is 0 Å². The molecule has 3 aliphatic heterocycles. The van der Waals surface area contributed by atoms with Gasteiger partial charge < -0.3 is 25.0 Å². The van der Waals surface area contributed by atoms with Crippen molar-refractivity contribution >= 4 is 35.6 Å². The van der Waals surface area contributed by atoms with Crippen LogP contribution in [0.1, 0.15) is 12.8 Å². The number of halogens is 1. The molecular formula is C22H36IN5O2. The molecule has 3 saturated heterocycles. The zero-order valence-electron chi connectivity index (χ0n) is 18.0. The molecular weight excluding hydrogens is 493 g/mol. The molecule has 0 saturated carbocycles. The van der Waals surface area contributed by atoms with Crippen LogP contribution in [0, 0.1) is 5.92 Å². The van der Waals surface area contributed by atoms with Gasteiger partial charge in [0.2, 0.25) is 0 Å². The highest BCUT2D eigenvalue weighted by molar-refractivity contribution is 14.0. The molecule has 4 rings (SSSR count). The average Bonchev–Trinajstić information content (AvgIpc) is 3.47. The number of hydrogen-bond acceptors (Lipinski definition) is 5. The molecule has 0 amide bonds. The summed E-state index contributed by atoms with van der Waals surface area (Å²) in [6.07, 6.45) is 2.27. The largest absolute Gasteiger partial charge is 0.381 e. The van der Waals surface area contributed by atoms with E-state index >= 15 is 0 Å². The molecule has 7 nitrogen and oxygen atoms in total. The minimum atomic E-state index is 0. The first kappa shape index (κ1) is 23.6. The molecule has 3 unspecified atom stereocenters. The Morgan fingerprint density at radius 2 is 1.90 bits per heavy atom. The molecule has 3 aliphatic rings. The summed E-state index contributed by atoms with van der Waals surface area (Å²) >= 11 is 0. The van der Waals surface area contributed by atoms with E-state index in [1.807, 2.05) is 7.05 Å². The van der Waals surface area contributed by atoms with E-state index in [1.165, 1.54) is 5.69 Å². The summed E-state index contributed by atoms with van der Waals surface area (Å²) in [6.45, 7) is 8.39. The number of guanidine groups is 1. The minimum Gasteiger partial charge on any atom is -0.381 e. The van der Waals surface area contributed by atoms with Gasteiger partial charge in [-0.2, -0.15) is 0 Å². The van der Waals surface area contributed by atoms with Gasteiger partial charge in [-0.1, -0.05) is 18.2 Å². The molecule has 1 aromatic carbocycles. The third-order valence-corrected chi connectivity index (χ3v) is 6.38. The van der Waals surface area contributed by atoms with Crippen molar-refractivity contribution in [3.8, 4) is 0 Å². The highest BCUT2D eigenvalue weighted by Crippen LogP contribution is 2.22. The zero-order valence-corrected chi connectivity index (χ0v) is 20.3. The van der Waals surface area contributed by atoms with Gasteiger partial charge in [0.1, 0.15) is 0 Å². The summed E-state index contributed by atoms with van der Waals surface area (Å²) in [5, 5.41) is 7.24. The zero-order chi connectivity index (χ0) is 19.9. The van der Waals surface area contributed by atoms with Crippen molar-refractivity contribution in [2.75, 3.05) is 71.1 Å². The number of anilines is 1. The Balaban J connectivity index is 0.00000256. The smallest absolute Gasteiger partial charge is 0.191 e. The Hall–Kier alpha value is -1.10. The normalized spacial score (nSPS) is 26.3. The van der Waals surface area contributed by atoms with E-state index in [1.54, 1.807) is 0 Å². The Bertz CT molecular complexity index is 650. The summed E-state index contributed by atoms with van der Waals surface area (Å²) in [6, 6.07) is 11.5. The van der Waals surface area contributed by atoms with Gasteiger partial charge in [0.25, 0.3) is 0 Å². The molecule has 0 bridgehead atoms. The number of morpholine rings is 1. The summed E-state index contributed by atoms with van der Waals surface area (Å²) in [4.78, 5) is 9.50. The third kappa shape index (κ3) is 6.21. The van der Waals surface area contributed by atoms with E-state index in [0.29, 0.717) is 18.0 Å². The lowest BCUT2D eigenvalue weighted by Crippen LogP contribution is -2.54. The third-order valence-electron chi connectivity index (χ3n) is 6.38. The second-order valence-corrected chi connectivity index (χ2v) is 8.20. The van der Waals surface area contributed by atoms with Crippen LogP contribution < -0.4 is 15.5 Å². The van der Waals surface area contributed by atoms with E-state index in [4.69, 9.17) is 9.47 Å². The van der Waals surface area contributed by atoms with Crippen LogP contribution in [0.2, 0.25) is 0 Å². The number of ether oxygens (including phenoxy) is 2. The molecule has 3 fully saturated rings. The maximum absolute atomic E-state index is 5.69. The van der Waals surface area contributed by atoms with Gasteiger partial charge in [0, 0.05) is 70.1 Å². The fourth-order valence-corrected chi connectivity index (χ4v) is 4.70. The van der Waals surface area contributed by atoms with Crippen LogP contribution in [0.15, 0.2) is 35.3 Å². The number of nitrogens with one attached hydrogen (secondary N) is 2. The van der Waals surface area contributed by atoms with Crippen LogP contribution in [0.3, 0.4) is 0 Å². The van der Waals surface area contributed by atoms with Crippen LogP contribution in [0.4, 0.5) is 5.69 Å². The van der Waals surface area contributed by atoms with Crippen LogP contribution in [0.25, 0.3) is 0 Å². The molecule has 0 aliphatic carbocycles. The van der Waals surface area contributed by atoms with Crippen molar-refractivity contribution in [3.63, 3.8) is 0 Å². The standard InChI is InChI=1S/C22H35N5O2.HI/c1-23-22(25-19-7-9-27(16-19)20-5-3-2-4-6-20)24-15-21(18-8-12-29-17-18)26-10-13-28-14-11-26;/h2-6,18-19,21H,7-17H2,1H3,(H2,23,24,25);1H. The van der Waals surface area contributed by atoms with Gasteiger partial charge in [-0.3, -0.25) is 9.89 Å². The number of rotatable bonds is 6. The first-order chi connectivity index (χ1) is 14.3. The summed E-state index contributed by atoms with van der Waals surface area (Å²) in [7, 11) is 1.86. The first-order valence-electron chi connectivity index (χ1n) is 11.0. The Labute approximate surface area is 197 Å². The van der Waals surface area contributed by atoms with Gasteiger partial charge in [0.15, 0.2) is 5.96 Å². The van der Waals surface area contributed by atoms with E-state index < -0.39 is 0 Å². The van der Waals surface area contributed by atoms with Crippen molar-refractivity contribution in [1.29, 1.82) is 0 Å². The predicted octanol–water partition coefficient (Wildman–Crippen LogP) is 1.79. The molecule has 8 heteroatoms. The molecule has 0 aromatic heterocycles.